The van der Waals surface area contributed by atoms with E-state index in [-0.39, 0.29) is 0 Å². The highest BCUT2D eigenvalue weighted by Gasteiger charge is 2.60. The predicted molar refractivity (Wildman–Crippen MR) is 159 cm³/mol. The van der Waals surface area contributed by atoms with Gasteiger partial charge in [0.05, 0.1) is 5.69 Å². The molecule has 14 heteroatoms. The molecule has 170 valence electrons. The summed E-state index contributed by atoms with van der Waals surface area (Å²) in [6, 6.07) is 17.0. The first-order valence-corrected chi connectivity index (χ1v) is 11.8. The Morgan fingerprint density at radius 1 is 0.886 bits per heavy atom. The average molecular weight is 459 g/mol. The number of hydrogen-bond donors (Lipinski definition) is 2. The Kier molecular flexibility index (Phi) is 6.26. The van der Waals surface area contributed by atoms with Crippen molar-refractivity contribution in [3.8, 4) is 11.3 Å². The van der Waals surface area contributed by atoms with Crippen LogP contribution in [-0.2, 0) is 4.74 Å². The number of nitrogens with one attached hydrogen (secondary N) is 1. The second-order valence-electron chi connectivity index (χ2n) is 10.7. The van der Waals surface area contributed by atoms with Crippen molar-refractivity contribution < 1.29 is 14.6 Å². The van der Waals surface area contributed by atoms with Crippen molar-refractivity contribution in [2.75, 3.05) is 10.2 Å². The number of ether oxygens (including phenoxy) is 1. The normalized spacial score (nSPS) is 22.3. The fourth-order valence-corrected chi connectivity index (χ4v) is 4.65. The Bertz CT molecular complexity index is 1210. The fourth-order valence-electron chi connectivity index (χ4n) is 4.65. The number of hydrogen-bond acceptors (Lipinski definition) is 7. The summed E-state index contributed by atoms with van der Waals surface area (Å²) in [6.45, 7) is 0. The molecular weight excluding hydrogens is 432 g/mol. The highest BCUT2D eigenvalue weighted by atomic mass is 16.5. The SMILES string of the molecule is BC1(B)OC(B)(B)C(B)(O)N(c2ccc(Nc3nccc(-c4ccc(C=O)cc4)n3)cc2)C1(B)B. The third-order valence-corrected chi connectivity index (χ3v) is 7.50. The second-order valence-corrected chi connectivity index (χ2v) is 10.7. The van der Waals surface area contributed by atoms with Crippen LogP contribution in [0.2, 0.25) is 0 Å². The van der Waals surface area contributed by atoms with Gasteiger partial charge in [-0.15, -0.1) is 0 Å². The molecule has 0 radical (unpaired) electrons. The Balaban J connectivity index is 1.60. The largest absolute Gasteiger partial charge is 0.399 e. The fraction of sp³-hybridized carbons (Fsp3) is 0.190. The lowest BCUT2D eigenvalue weighted by molar-refractivity contribution is -0.115. The smallest absolute Gasteiger partial charge is 0.227 e. The van der Waals surface area contributed by atoms with Crippen molar-refractivity contribution in [2.45, 2.75) is 21.8 Å². The van der Waals surface area contributed by atoms with Crippen molar-refractivity contribution in [3.63, 3.8) is 0 Å². The molecule has 35 heavy (non-hydrogen) atoms. The van der Waals surface area contributed by atoms with E-state index in [4.69, 9.17) is 4.74 Å². The molecule has 2 aromatic carbocycles. The molecule has 2 N–H and O–H groups in total. The van der Waals surface area contributed by atoms with Gasteiger partial charge in [-0.1, -0.05) is 24.3 Å². The van der Waals surface area contributed by atoms with E-state index in [9.17, 15) is 9.90 Å². The van der Waals surface area contributed by atoms with Crippen molar-refractivity contribution in [2.24, 2.45) is 0 Å². The van der Waals surface area contributed by atoms with Crippen LogP contribution in [-0.4, -0.2) is 98.0 Å². The van der Waals surface area contributed by atoms with Crippen LogP contribution in [0.5, 0.6) is 0 Å². The minimum absolute atomic E-state index is 0.468. The number of nitrogens with zero attached hydrogens (tertiary/aromatic N) is 3. The zero-order valence-electron chi connectivity index (χ0n) is 21.5. The maximum Gasteiger partial charge on any atom is 0.227 e. The van der Waals surface area contributed by atoms with Crippen LogP contribution in [0, 0.1) is 0 Å². The summed E-state index contributed by atoms with van der Waals surface area (Å²) in [5, 5.41) is 13.1. The lowest BCUT2D eigenvalue weighted by Crippen LogP contribution is -2.86. The predicted octanol–water partition coefficient (Wildman–Crippen LogP) is -4.42. The van der Waals surface area contributed by atoms with Gasteiger partial charge in [0.15, 0.2) is 7.85 Å². The second kappa shape index (κ2) is 8.68. The molecule has 0 bridgehead atoms. The number of carbonyl (C=O) groups is 1. The van der Waals surface area contributed by atoms with Crippen molar-refractivity contribution >= 4 is 78.5 Å². The molecule has 0 saturated carbocycles. The topological polar surface area (TPSA) is 87.6 Å². The van der Waals surface area contributed by atoms with Crippen LogP contribution in [0.3, 0.4) is 0 Å². The van der Waals surface area contributed by atoms with Crippen molar-refractivity contribution in [3.05, 3.63) is 66.4 Å². The van der Waals surface area contributed by atoms with Crippen LogP contribution >= 0.6 is 0 Å². The summed E-state index contributed by atoms with van der Waals surface area (Å²) < 4.78 is 6.37. The average Bonchev–Trinajstić information content (AvgIpc) is 2.79. The zero-order chi connectivity index (χ0) is 25.6. The van der Waals surface area contributed by atoms with E-state index in [0.717, 1.165) is 28.9 Å². The summed E-state index contributed by atoms with van der Waals surface area (Å²) in [5.41, 5.74) is 2.75. The lowest BCUT2D eigenvalue weighted by atomic mass is 9.35. The molecule has 0 spiro atoms. The van der Waals surface area contributed by atoms with Gasteiger partial charge in [-0.25, -0.2) is 9.97 Å². The number of morpholine rings is 1. The first kappa shape index (κ1) is 25.3. The summed E-state index contributed by atoms with van der Waals surface area (Å²) in [5.74, 6) is 0.468. The first-order valence-electron chi connectivity index (χ1n) is 11.8. The van der Waals surface area contributed by atoms with Gasteiger partial charge in [0, 0.05) is 39.5 Å². The zero-order valence-corrected chi connectivity index (χ0v) is 21.5. The molecule has 1 aromatic heterocycles. The molecule has 0 amide bonds. The van der Waals surface area contributed by atoms with E-state index in [1.807, 2.05) is 63.1 Å². The Morgan fingerprint density at radius 2 is 1.51 bits per heavy atom. The van der Waals surface area contributed by atoms with Crippen LogP contribution in [0.25, 0.3) is 11.3 Å². The third kappa shape index (κ3) is 4.45. The Hall–Kier alpha value is -2.84. The Morgan fingerprint density at radius 3 is 2.11 bits per heavy atom. The summed E-state index contributed by atoms with van der Waals surface area (Å²) in [6.07, 6.45) is 2.52. The van der Waals surface area contributed by atoms with E-state index in [1.165, 1.54) is 0 Å². The maximum atomic E-state index is 11.6. The molecule has 1 aliphatic heterocycles. The number of carbonyl (C=O) groups excluding carboxylic acids is 1. The molecule has 1 unspecified atom stereocenters. The Labute approximate surface area is 212 Å². The quantitative estimate of drug-likeness (QED) is 0.295. The highest BCUT2D eigenvalue weighted by Crippen LogP contribution is 2.43. The molecule has 2 heterocycles. The van der Waals surface area contributed by atoms with Crippen LogP contribution in [0.4, 0.5) is 17.3 Å². The molecule has 4 rings (SSSR count). The molecule has 7 nitrogen and oxygen atoms in total. The third-order valence-electron chi connectivity index (χ3n) is 7.50. The number of benzene rings is 2. The van der Waals surface area contributed by atoms with E-state index in [1.54, 1.807) is 26.2 Å². The highest BCUT2D eigenvalue weighted by molar-refractivity contribution is 6.57. The van der Waals surface area contributed by atoms with Gasteiger partial charge < -0.3 is 20.1 Å². The van der Waals surface area contributed by atoms with E-state index in [2.05, 4.69) is 46.7 Å². The van der Waals surface area contributed by atoms with Gasteiger partial charge in [-0.2, -0.15) is 0 Å². The van der Waals surface area contributed by atoms with Gasteiger partial charge in [0.25, 0.3) is 0 Å². The molecule has 0 aliphatic carbocycles. The van der Waals surface area contributed by atoms with E-state index >= 15 is 0 Å². The van der Waals surface area contributed by atoms with Crippen LogP contribution in [0.15, 0.2) is 60.8 Å². The number of anilines is 3. The monoisotopic (exact) mass is 460 g/mol. The summed E-state index contributed by atoms with van der Waals surface area (Å²) >= 11 is 0. The van der Waals surface area contributed by atoms with Crippen LogP contribution < -0.4 is 10.2 Å². The molecular formula is C21H27B7N4O3. The van der Waals surface area contributed by atoms with Gasteiger partial charge >= 0.3 is 0 Å². The standard InChI is InChI=1S/C21H27B7N4O3/c22-18(23)19(24,25)35-20(26,27)21(28,34)32(18)15-7-5-14(6-8-15)30-17-29-10-9-16(31-17)13-3-1-12(11-33)2-4-13/h1-11,34H,22-28H2,(H,29,30,31). The molecule has 1 fully saturated rings. The number of rotatable bonds is 5. The summed E-state index contributed by atoms with van der Waals surface area (Å²) in [4.78, 5) is 21.9. The number of aliphatic hydroxyl groups is 1. The minimum Gasteiger partial charge on any atom is -0.399 e. The molecule has 1 saturated heterocycles. The number of aldehydes is 1. The van der Waals surface area contributed by atoms with E-state index < -0.39 is 21.8 Å². The number of aromatic nitrogens is 2. The molecule has 1 atom stereocenters. The van der Waals surface area contributed by atoms with Gasteiger partial charge in [-0.05, 0) is 35.7 Å². The van der Waals surface area contributed by atoms with Crippen molar-refractivity contribution in [1.82, 2.24) is 9.97 Å². The lowest BCUT2D eigenvalue weighted by Gasteiger charge is -2.68. The maximum absolute atomic E-state index is 11.6. The molecule has 3 aromatic rings. The van der Waals surface area contributed by atoms with Gasteiger partial charge in [-0.3, -0.25) is 4.79 Å². The van der Waals surface area contributed by atoms with Crippen LogP contribution in [0.1, 0.15) is 10.4 Å². The minimum atomic E-state index is -1.24. The molecule has 1 aliphatic rings. The summed E-state index contributed by atoms with van der Waals surface area (Å²) in [7, 11) is 13.9. The van der Waals surface area contributed by atoms with Gasteiger partial charge in [0.2, 0.25) is 5.95 Å². The first-order chi connectivity index (χ1) is 16.3. The van der Waals surface area contributed by atoms with Gasteiger partial charge in [0.1, 0.15) is 59.0 Å². The van der Waals surface area contributed by atoms with Crippen molar-refractivity contribution in [1.29, 1.82) is 0 Å². The van der Waals surface area contributed by atoms with E-state index in [0.29, 0.717) is 11.5 Å².